The van der Waals surface area contributed by atoms with Gasteiger partial charge in [0.1, 0.15) is 0 Å². The SMILES string of the molecule is c1ccc(N(c2ccc(-n3c4ccccc4c4ccccc43)cc2)c2ccc3c(-c4cccc5ccccc45)c4ccccc4c(-c4cccc5ccccc45)c3c2)cc1. The molecule has 0 unspecified atom stereocenters. The first-order valence-electron chi connectivity index (χ1n) is 20.7. The van der Waals surface area contributed by atoms with Crippen LogP contribution in [-0.4, -0.2) is 4.57 Å². The molecule has 0 aliphatic rings. The zero-order valence-corrected chi connectivity index (χ0v) is 32.8. The van der Waals surface area contributed by atoms with Crippen molar-refractivity contribution in [3.63, 3.8) is 0 Å². The molecule has 280 valence electrons. The Labute approximate surface area is 348 Å². The Hall–Kier alpha value is -7.94. The molecule has 0 radical (unpaired) electrons. The summed E-state index contributed by atoms with van der Waals surface area (Å²) in [5.41, 5.74) is 11.8. The molecule has 0 N–H and O–H groups in total. The molecule has 0 spiro atoms. The van der Waals surface area contributed by atoms with E-state index in [1.165, 1.54) is 87.1 Å². The third-order valence-electron chi connectivity index (χ3n) is 12.3. The number of hydrogen-bond donors (Lipinski definition) is 0. The molecule has 2 nitrogen and oxygen atoms in total. The summed E-state index contributed by atoms with van der Waals surface area (Å²) < 4.78 is 2.38. The van der Waals surface area contributed by atoms with Gasteiger partial charge < -0.3 is 9.47 Å². The van der Waals surface area contributed by atoms with Crippen LogP contribution in [0.4, 0.5) is 17.1 Å². The van der Waals surface area contributed by atoms with E-state index in [2.05, 4.69) is 240 Å². The normalized spacial score (nSPS) is 11.7. The Morgan fingerprint density at radius 2 is 0.683 bits per heavy atom. The van der Waals surface area contributed by atoms with E-state index in [1.807, 2.05) is 0 Å². The Morgan fingerprint density at radius 1 is 0.267 bits per heavy atom. The molecule has 2 heteroatoms. The van der Waals surface area contributed by atoms with Crippen molar-refractivity contribution in [2.75, 3.05) is 4.90 Å². The van der Waals surface area contributed by atoms with E-state index in [1.54, 1.807) is 0 Å². The van der Waals surface area contributed by atoms with Crippen molar-refractivity contribution >= 4 is 82.0 Å². The third-order valence-corrected chi connectivity index (χ3v) is 12.3. The van der Waals surface area contributed by atoms with E-state index in [9.17, 15) is 0 Å². The van der Waals surface area contributed by atoms with Crippen molar-refractivity contribution in [3.05, 3.63) is 231 Å². The van der Waals surface area contributed by atoms with Crippen molar-refractivity contribution in [2.45, 2.75) is 0 Å². The number of fused-ring (bicyclic) bond motifs is 7. The molecule has 0 amide bonds. The summed E-state index contributed by atoms with van der Waals surface area (Å²) in [6, 6.07) is 84.3. The fourth-order valence-electron chi connectivity index (χ4n) is 9.75. The largest absolute Gasteiger partial charge is 0.310 e. The van der Waals surface area contributed by atoms with Crippen LogP contribution in [0.3, 0.4) is 0 Å². The smallest absolute Gasteiger partial charge is 0.0541 e. The lowest BCUT2D eigenvalue weighted by Gasteiger charge is -2.27. The van der Waals surface area contributed by atoms with Crippen LogP contribution in [0.25, 0.3) is 92.8 Å². The highest BCUT2D eigenvalue weighted by molar-refractivity contribution is 6.25. The molecule has 0 fully saturated rings. The average molecular weight is 763 g/mol. The van der Waals surface area contributed by atoms with Gasteiger partial charge in [-0.1, -0.05) is 170 Å². The lowest BCUT2D eigenvalue weighted by Crippen LogP contribution is -2.10. The molecule has 0 aliphatic heterocycles. The van der Waals surface area contributed by atoms with Crippen LogP contribution in [0.15, 0.2) is 231 Å². The van der Waals surface area contributed by atoms with Gasteiger partial charge in [-0.15, -0.1) is 0 Å². The lowest BCUT2D eigenvalue weighted by molar-refractivity contribution is 1.17. The molecule has 0 saturated heterocycles. The summed E-state index contributed by atoms with van der Waals surface area (Å²) in [6.45, 7) is 0. The summed E-state index contributed by atoms with van der Waals surface area (Å²) in [5, 5.41) is 12.4. The van der Waals surface area contributed by atoms with Crippen LogP contribution < -0.4 is 4.90 Å². The van der Waals surface area contributed by atoms with E-state index in [0.29, 0.717) is 0 Å². The first kappa shape index (κ1) is 34.1. The molecule has 1 heterocycles. The second-order valence-electron chi connectivity index (χ2n) is 15.6. The molecular formula is C58H38N2. The summed E-state index contributed by atoms with van der Waals surface area (Å²) in [6.07, 6.45) is 0. The van der Waals surface area contributed by atoms with E-state index in [-0.39, 0.29) is 0 Å². The molecule has 0 aliphatic carbocycles. The third kappa shape index (κ3) is 5.35. The van der Waals surface area contributed by atoms with E-state index in [0.717, 1.165) is 22.7 Å². The van der Waals surface area contributed by atoms with Gasteiger partial charge in [-0.3, -0.25) is 0 Å². The second-order valence-corrected chi connectivity index (χ2v) is 15.6. The standard InChI is InChI=1S/C58H38N2/c1-2-20-41(21-3-1)59(42-32-34-43(35-33-42)60-55-30-12-10-24-47(55)48-25-11-13-31-56(48)60)44-36-37-53-54(38-44)58(50-29-15-19-40-17-5-7-23-46(40)50)52-27-9-8-26-51(52)57(53)49-28-14-18-39-16-4-6-22-45(39)49/h1-38H. The molecular weight excluding hydrogens is 725 g/mol. The second kappa shape index (κ2) is 13.9. The predicted molar refractivity (Wildman–Crippen MR) is 256 cm³/mol. The van der Waals surface area contributed by atoms with Crippen LogP contribution in [0.1, 0.15) is 0 Å². The average Bonchev–Trinajstić information content (AvgIpc) is 3.65. The van der Waals surface area contributed by atoms with Gasteiger partial charge in [0.25, 0.3) is 0 Å². The highest BCUT2D eigenvalue weighted by Crippen LogP contribution is 2.48. The molecule has 1 aromatic heterocycles. The monoisotopic (exact) mass is 762 g/mol. The van der Waals surface area contributed by atoms with Crippen molar-refractivity contribution < 1.29 is 0 Å². The maximum Gasteiger partial charge on any atom is 0.0541 e. The van der Waals surface area contributed by atoms with Gasteiger partial charge in [0, 0.05) is 33.5 Å². The molecule has 0 bridgehead atoms. The minimum absolute atomic E-state index is 1.09. The number of nitrogens with zero attached hydrogens (tertiary/aromatic N) is 2. The topological polar surface area (TPSA) is 8.17 Å². The fraction of sp³-hybridized carbons (Fsp3) is 0. The van der Waals surface area contributed by atoms with Crippen molar-refractivity contribution in [1.82, 2.24) is 4.57 Å². The minimum Gasteiger partial charge on any atom is -0.310 e. The zero-order valence-electron chi connectivity index (χ0n) is 32.8. The molecule has 0 saturated carbocycles. The Bertz CT molecular complexity index is 3530. The van der Waals surface area contributed by atoms with Crippen LogP contribution in [-0.2, 0) is 0 Å². The van der Waals surface area contributed by atoms with Gasteiger partial charge in [0.05, 0.1) is 11.0 Å². The molecule has 60 heavy (non-hydrogen) atoms. The molecule has 12 aromatic rings. The number of hydrogen-bond acceptors (Lipinski definition) is 1. The minimum atomic E-state index is 1.09. The number of benzene rings is 11. The van der Waals surface area contributed by atoms with Gasteiger partial charge in [-0.2, -0.15) is 0 Å². The van der Waals surface area contributed by atoms with Crippen molar-refractivity contribution in [1.29, 1.82) is 0 Å². The first-order chi connectivity index (χ1) is 29.8. The van der Waals surface area contributed by atoms with Crippen LogP contribution >= 0.6 is 0 Å². The number of anilines is 3. The number of aromatic nitrogens is 1. The van der Waals surface area contributed by atoms with Gasteiger partial charge in [-0.25, -0.2) is 0 Å². The van der Waals surface area contributed by atoms with Gasteiger partial charge in [0.15, 0.2) is 0 Å². The fourth-order valence-corrected chi connectivity index (χ4v) is 9.75. The van der Waals surface area contributed by atoms with Crippen LogP contribution in [0, 0.1) is 0 Å². The van der Waals surface area contributed by atoms with E-state index >= 15 is 0 Å². The lowest BCUT2D eigenvalue weighted by atomic mass is 9.83. The summed E-state index contributed by atoms with van der Waals surface area (Å²) in [5.74, 6) is 0. The first-order valence-corrected chi connectivity index (χ1v) is 20.7. The van der Waals surface area contributed by atoms with Gasteiger partial charge in [-0.05, 0) is 126 Å². The predicted octanol–water partition coefficient (Wildman–Crippen LogP) is 16.2. The summed E-state index contributed by atoms with van der Waals surface area (Å²) in [7, 11) is 0. The van der Waals surface area contributed by atoms with E-state index < -0.39 is 0 Å². The number of rotatable bonds is 6. The van der Waals surface area contributed by atoms with Crippen LogP contribution in [0.5, 0.6) is 0 Å². The molecule has 11 aromatic carbocycles. The quantitative estimate of drug-likeness (QED) is 0.153. The highest BCUT2D eigenvalue weighted by atomic mass is 15.1. The van der Waals surface area contributed by atoms with Gasteiger partial charge in [0.2, 0.25) is 0 Å². The number of para-hydroxylation sites is 3. The Morgan fingerprint density at radius 3 is 1.27 bits per heavy atom. The van der Waals surface area contributed by atoms with Crippen LogP contribution in [0.2, 0.25) is 0 Å². The van der Waals surface area contributed by atoms with Crippen molar-refractivity contribution in [3.8, 4) is 27.9 Å². The Balaban J connectivity index is 1.13. The summed E-state index contributed by atoms with van der Waals surface area (Å²) >= 11 is 0. The van der Waals surface area contributed by atoms with Gasteiger partial charge >= 0.3 is 0 Å². The molecule has 12 rings (SSSR count). The molecule has 0 atom stereocenters. The van der Waals surface area contributed by atoms with Crippen molar-refractivity contribution in [2.24, 2.45) is 0 Å². The Kier molecular flexibility index (Phi) is 7.89. The summed E-state index contributed by atoms with van der Waals surface area (Å²) in [4.78, 5) is 2.40. The zero-order chi connectivity index (χ0) is 39.6. The van der Waals surface area contributed by atoms with E-state index in [4.69, 9.17) is 0 Å². The maximum absolute atomic E-state index is 2.43. The maximum atomic E-state index is 2.43. The highest BCUT2D eigenvalue weighted by Gasteiger charge is 2.22.